The van der Waals surface area contributed by atoms with Gasteiger partial charge in [-0.1, -0.05) is 60.7 Å². The molecule has 0 unspecified atom stereocenters. The highest BCUT2D eigenvalue weighted by atomic mass is 16.5. The van der Waals surface area contributed by atoms with Gasteiger partial charge in [-0.3, -0.25) is 14.4 Å². The fraction of sp³-hybridized carbons (Fsp3) is 0.423. The Balaban J connectivity index is 1.76. The average Bonchev–Trinajstić information content (AvgIpc) is 3.21. The Morgan fingerprint density at radius 1 is 1.00 bits per heavy atom. The highest BCUT2D eigenvalue weighted by Crippen LogP contribution is 2.25. The van der Waals surface area contributed by atoms with Crippen molar-refractivity contribution < 1.29 is 19.1 Å². The number of rotatable bonds is 7. The van der Waals surface area contributed by atoms with E-state index in [1.807, 2.05) is 48.5 Å². The normalized spacial score (nSPS) is 17.3. The highest BCUT2D eigenvalue weighted by molar-refractivity contribution is 5.97. The predicted octanol–water partition coefficient (Wildman–Crippen LogP) is 4.45. The Hall–Kier alpha value is -2.95. The second-order valence-corrected chi connectivity index (χ2v) is 9.15. The first-order chi connectivity index (χ1) is 14.8. The number of carbonyl (C=O) groups excluding carboxylic acids is 3. The van der Waals surface area contributed by atoms with Crippen LogP contribution in [-0.4, -0.2) is 41.3 Å². The lowest BCUT2D eigenvalue weighted by Crippen LogP contribution is -2.46. The number of amides is 1. The number of nitrogens with zero attached hydrogens (tertiary/aromatic N) is 1. The molecule has 2 atom stereocenters. The van der Waals surface area contributed by atoms with Crippen LogP contribution in [0.15, 0.2) is 60.7 Å². The molecule has 2 aromatic carbocycles. The van der Waals surface area contributed by atoms with Crippen LogP contribution < -0.4 is 0 Å². The number of ether oxygens (including phenoxy) is 1. The topological polar surface area (TPSA) is 63.7 Å². The SMILES string of the molecule is CC(C)(C)C(=O)O[C@H](Cc1ccccc1)C(=O)N1CCC[C@@H]1CC(=O)c1ccccc1. The number of ketones is 1. The lowest BCUT2D eigenvalue weighted by atomic mass is 9.97. The molecule has 2 aromatic rings. The van der Waals surface area contributed by atoms with Crippen LogP contribution in [0.4, 0.5) is 0 Å². The molecule has 5 nitrogen and oxygen atoms in total. The van der Waals surface area contributed by atoms with E-state index in [0.717, 1.165) is 18.4 Å². The first-order valence-corrected chi connectivity index (χ1v) is 10.9. The summed E-state index contributed by atoms with van der Waals surface area (Å²) in [6.45, 7) is 5.90. The number of hydrogen-bond acceptors (Lipinski definition) is 4. The summed E-state index contributed by atoms with van der Waals surface area (Å²) in [5.41, 5.74) is 0.878. The maximum absolute atomic E-state index is 13.5. The zero-order valence-corrected chi connectivity index (χ0v) is 18.5. The molecular formula is C26H31NO4. The van der Waals surface area contributed by atoms with E-state index < -0.39 is 17.5 Å². The van der Waals surface area contributed by atoms with Crippen molar-refractivity contribution in [1.29, 1.82) is 0 Å². The van der Waals surface area contributed by atoms with E-state index >= 15 is 0 Å². The lowest BCUT2D eigenvalue weighted by molar-refractivity contribution is -0.167. The number of likely N-dealkylation sites (tertiary alicyclic amines) is 1. The molecule has 1 aliphatic heterocycles. The summed E-state index contributed by atoms with van der Waals surface area (Å²) in [7, 11) is 0. The number of carbonyl (C=O) groups is 3. The van der Waals surface area contributed by atoms with Crippen LogP contribution in [0.5, 0.6) is 0 Å². The molecule has 1 saturated heterocycles. The Morgan fingerprint density at radius 3 is 2.23 bits per heavy atom. The molecule has 0 saturated carbocycles. The molecule has 1 heterocycles. The number of esters is 1. The van der Waals surface area contributed by atoms with E-state index in [1.54, 1.807) is 37.8 Å². The zero-order chi connectivity index (χ0) is 22.4. The summed E-state index contributed by atoms with van der Waals surface area (Å²) < 4.78 is 5.72. The van der Waals surface area contributed by atoms with Crippen molar-refractivity contribution in [3.05, 3.63) is 71.8 Å². The summed E-state index contributed by atoms with van der Waals surface area (Å²) in [4.78, 5) is 40.5. The standard InChI is InChI=1S/C26H31NO4/c1-26(2,3)25(30)31-23(17-19-11-6-4-7-12-19)24(29)27-16-10-15-21(27)18-22(28)20-13-8-5-9-14-20/h4-9,11-14,21,23H,10,15-18H2,1-3H3/t21-,23-/m1/s1. The summed E-state index contributed by atoms with van der Waals surface area (Å²) in [5.74, 6) is -0.598. The van der Waals surface area contributed by atoms with Gasteiger partial charge in [-0.15, -0.1) is 0 Å². The Bertz CT molecular complexity index is 902. The van der Waals surface area contributed by atoms with Crippen LogP contribution in [0.2, 0.25) is 0 Å². The van der Waals surface area contributed by atoms with Gasteiger partial charge in [0.1, 0.15) is 0 Å². The summed E-state index contributed by atoms with van der Waals surface area (Å²) in [6.07, 6.45) is 1.30. The molecular weight excluding hydrogens is 390 g/mol. The maximum Gasteiger partial charge on any atom is 0.312 e. The van der Waals surface area contributed by atoms with Crippen molar-refractivity contribution >= 4 is 17.7 Å². The summed E-state index contributed by atoms with van der Waals surface area (Å²) in [5, 5.41) is 0. The van der Waals surface area contributed by atoms with Gasteiger partial charge in [0, 0.05) is 31.0 Å². The highest BCUT2D eigenvalue weighted by Gasteiger charge is 2.37. The number of hydrogen-bond donors (Lipinski definition) is 0. The predicted molar refractivity (Wildman–Crippen MR) is 120 cm³/mol. The second kappa shape index (κ2) is 9.90. The van der Waals surface area contributed by atoms with Crippen LogP contribution in [0.1, 0.15) is 56.0 Å². The third-order valence-corrected chi connectivity index (χ3v) is 5.58. The molecule has 0 spiro atoms. The molecule has 1 amide bonds. The van der Waals surface area contributed by atoms with Gasteiger partial charge >= 0.3 is 5.97 Å². The van der Waals surface area contributed by atoms with Crippen LogP contribution in [0, 0.1) is 5.41 Å². The average molecular weight is 422 g/mol. The van der Waals surface area contributed by atoms with E-state index in [1.165, 1.54) is 0 Å². The van der Waals surface area contributed by atoms with Gasteiger partial charge in [0.15, 0.2) is 11.9 Å². The summed E-state index contributed by atoms with van der Waals surface area (Å²) in [6, 6.07) is 18.5. The zero-order valence-electron chi connectivity index (χ0n) is 18.5. The number of benzene rings is 2. The fourth-order valence-electron chi connectivity index (χ4n) is 3.79. The molecule has 0 N–H and O–H groups in total. The molecule has 164 valence electrons. The van der Waals surface area contributed by atoms with Gasteiger partial charge in [0.2, 0.25) is 0 Å². The van der Waals surface area contributed by atoms with Gasteiger partial charge in [-0.25, -0.2) is 0 Å². The van der Waals surface area contributed by atoms with Crippen LogP contribution in [0.3, 0.4) is 0 Å². The minimum absolute atomic E-state index is 0.0246. The number of Topliss-reactive ketones (excluding diaryl/α,β-unsaturated/α-hetero) is 1. The van der Waals surface area contributed by atoms with Crippen molar-refractivity contribution in [3.63, 3.8) is 0 Å². The molecule has 5 heteroatoms. The largest absolute Gasteiger partial charge is 0.451 e. The molecule has 0 aromatic heterocycles. The Labute approximate surface area is 184 Å². The van der Waals surface area contributed by atoms with E-state index in [2.05, 4.69) is 0 Å². The molecule has 3 rings (SSSR count). The smallest absolute Gasteiger partial charge is 0.312 e. The second-order valence-electron chi connectivity index (χ2n) is 9.15. The monoisotopic (exact) mass is 421 g/mol. The molecule has 0 radical (unpaired) electrons. The van der Waals surface area contributed by atoms with Crippen LogP contribution >= 0.6 is 0 Å². The molecule has 0 bridgehead atoms. The Morgan fingerprint density at radius 2 is 1.61 bits per heavy atom. The van der Waals surface area contributed by atoms with Crippen LogP contribution in [0.25, 0.3) is 0 Å². The van der Waals surface area contributed by atoms with Gasteiger partial charge in [0.25, 0.3) is 5.91 Å². The first-order valence-electron chi connectivity index (χ1n) is 10.9. The van der Waals surface area contributed by atoms with E-state index in [4.69, 9.17) is 4.74 Å². The third kappa shape index (κ3) is 6.03. The van der Waals surface area contributed by atoms with Crippen LogP contribution in [-0.2, 0) is 20.7 Å². The van der Waals surface area contributed by atoms with Gasteiger partial charge in [0.05, 0.1) is 5.41 Å². The lowest BCUT2D eigenvalue weighted by Gasteiger charge is -2.30. The maximum atomic E-state index is 13.5. The molecule has 1 fully saturated rings. The summed E-state index contributed by atoms with van der Waals surface area (Å²) >= 11 is 0. The van der Waals surface area contributed by atoms with E-state index in [0.29, 0.717) is 18.5 Å². The third-order valence-electron chi connectivity index (χ3n) is 5.58. The molecule has 31 heavy (non-hydrogen) atoms. The van der Waals surface area contributed by atoms with Gasteiger partial charge in [-0.2, -0.15) is 0 Å². The first kappa shape index (κ1) is 22.7. The minimum Gasteiger partial charge on any atom is -0.451 e. The van der Waals surface area contributed by atoms with E-state index in [9.17, 15) is 14.4 Å². The van der Waals surface area contributed by atoms with Gasteiger partial charge in [-0.05, 0) is 39.2 Å². The van der Waals surface area contributed by atoms with Crippen molar-refractivity contribution in [2.75, 3.05) is 6.54 Å². The molecule has 0 aliphatic carbocycles. The van der Waals surface area contributed by atoms with Crippen molar-refractivity contribution in [2.24, 2.45) is 5.41 Å². The minimum atomic E-state index is -0.901. The molecule has 1 aliphatic rings. The van der Waals surface area contributed by atoms with Crippen molar-refractivity contribution in [3.8, 4) is 0 Å². The quantitative estimate of drug-likeness (QED) is 0.489. The fourth-order valence-corrected chi connectivity index (χ4v) is 3.79. The van der Waals surface area contributed by atoms with Gasteiger partial charge < -0.3 is 9.64 Å². The van der Waals surface area contributed by atoms with Crippen molar-refractivity contribution in [2.45, 2.75) is 58.6 Å². The Kier molecular flexibility index (Phi) is 7.26. The van der Waals surface area contributed by atoms with Crippen molar-refractivity contribution in [1.82, 2.24) is 4.90 Å². The van der Waals surface area contributed by atoms with E-state index in [-0.39, 0.29) is 24.2 Å².